The van der Waals surface area contributed by atoms with Crippen LogP contribution < -0.4 is 14.8 Å². The van der Waals surface area contributed by atoms with Crippen LogP contribution in [0.15, 0.2) is 47.4 Å². The van der Waals surface area contributed by atoms with E-state index >= 15 is 0 Å². The maximum atomic E-state index is 12.6. The van der Waals surface area contributed by atoms with E-state index in [4.69, 9.17) is 4.74 Å². The maximum absolute atomic E-state index is 12.6. The van der Waals surface area contributed by atoms with E-state index in [0.717, 1.165) is 19.3 Å². The van der Waals surface area contributed by atoms with E-state index in [1.54, 1.807) is 19.9 Å². The largest absolute Gasteiger partial charge is 0.492 e. The van der Waals surface area contributed by atoms with Crippen molar-refractivity contribution in [3.63, 3.8) is 0 Å². The number of hydrogen-bond donors (Lipinski definition) is 2. The van der Waals surface area contributed by atoms with E-state index < -0.39 is 10.0 Å². The van der Waals surface area contributed by atoms with Gasteiger partial charge in [0.1, 0.15) is 10.6 Å². The van der Waals surface area contributed by atoms with Gasteiger partial charge in [-0.05, 0) is 55.7 Å². The molecule has 152 valence electrons. The molecule has 28 heavy (non-hydrogen) atoms. The zero-order chi connectivity index (χ0) is 20.6. The minimum absolute atomic E-state index is 0.0428. The van der Waals surface area contributed by atoms with Gasteiger partial charge in [0.2, 0.25) is 10.0 Å². The number of aryl methyl sites for hydroxylation is 1. The SMILES string of the molecule is CCCCc1ccc(NC(=O)c2ccc(OCC)c(S(=O)(=O)NCC)c2)cc1. The Kier molecular flexibility index (Phi) is 8.02. The van der Waals surface area contributed by atoms with Crippen LogP contribution in [0, 0.1) is 0 Å². The summed E-state index contributed by atoms with van der Waals surface area (Å²) in [6.45, 7) is 6.18. The van der Waals surface area contributed by atoms with Crippen LogP contribution in [0.3, 0.4) is 0 Å². The number of unbranched alkanes of at least 4 members (excludes halogenated alkanes) is 1. The van der Waals surface area contributed by atoms with E-state index in [-0.39, 0.29) is 28.7 Å². The highest BCUT2D eigenvalue weighted by Crippen LogP contribution is 2.26. The molecule has 0 saturated heterocycles. The molecular formula is C21H28N2O4S. The third kappa shape index (κ3) is 5.81. The molecule has 0 bridgehead atoms. The predicted octanol–water partition coefficient (Wildman–Crippen LogP) is 3.98. The van der Waals surface area contributed by atoms with Crippen LogP contribution in [0.5, 0.6) is 5.75 Å². The Morgan fingerprint density at radius 3 is 2.36 bits per heavy atom. The highest BCUT2D eigenvalue weighted by atomic mass is 32.2. The highest BCUT2D eigenvalue weighted by Gasteiger charge is 2.21. The fraction of sp³-hybridized carbons (Fsp3) is 0.381. The number of benzene rings is 2. The molecule has 0 aromatic heterocycles. The molecule has 0 fully saturated rings. The molecule has 0 saturated carbocycles. The first-order valence-electron chi connectivity index (χ1n) is 9.58. The normalized spacial score (nSPS) is 11.2. The summed E-state index contributed by atoms with van der Waals surface area (Å²) in [5.41, 5.74) is 2.13. The van der Waals surface area contributed by atoms with Crippen molar-refractivity contribution in [1.29, 1.82) is 0 Å². The topological polar surface area (TPSA) is 84.5 Å². The van der Waals surface area contributed by atoms with Crippen LogP contribution >= 0.6 is 0 Å². The quantitative estimate of drug-likeness (QED) is 0.627. The minimum Gasteiger partial charge on any atom is -0.492 e. The number of hydrogen-bond acceptors (Lipinski definition) is 4. The Hall–Kier alpha value is -2.38. The molecule has 2 aromatic carbocycles. The molecule has 1 amide bonds. The van der Waals surface area contributed by atoms with Gasteiger partial charge in [0.15, 0.2) is 0 Å². The monoisotopic (exact) mass is 404 g/mol. The van der Waals surface area contributed by atoms with Crippen molar-refractivity contribution < 1.29 is 17.9 Å². The molecule has 0 unspecified atom stereocenters. The number of sulfonamides is 1. The second kappa shape index (κ2) is 10.2. The smallest absolute Gasteiger partial charge is 0.255 e. The Balaban J connectivity index is 2.23. The van der Waals surface area contributed by atoms with Gasteiger partial charge >= 0.3 is 0 Å². The van der Waals surface area contributed by atoms with Crippen LogP contribution in [-0.2, 0) is 16.4 Å². The molecular weight excluding hydrogens is 376 g/mol. The lowest BCUT2D eigenvalue weighted by molar-refractivity contribution is 0.102. The minimum atomic E-state index is -3.76. The van der Waals surface area contributed by atoms with Gasteiger partial charge in [-0.2, -0.15) is 0 Å². The van der Waals surface area contributed by atoms with E-state index in [0.29, 0.717) is 12.3 Å². The van der Waals surface area contributed by atoms with Crippen molar-refractivity contribution in [1.82, 2.24) is 4.72 Å². The van der Waals surface area contributed by atoms with Gasteiger partial charge in [-0.25, -0.2) is 13.1 Å². The third-order valence-electron chi connectivity index (χ3n) is 4.16. The number of carbonyl (C=O) groups is 1. The van der Waals surface area contributed by atoms with Crippen LogP contribution in [0.25, 0.3) is 0 Å². The van der Waals surface area contributed by atoms with Crippen molar-refractivity contribution in [2.24, 2.45) is 0 Å². The van der Waals surface area contributed by atoms with Gasteiger partial charge in [-0.15, -0.1) is 0 Å². The number of anilines is 1. The second-order valence-corrected chi connectivity index (χ2v) is 8.09. The molecule has 2 rings (SSSR count). The number of carbonyl (C=O) groups excluding carboxylic acids is 1. The van der Waals surface area contributed by atoms with E-state index in [1.165, 1.54) is 17.7 Å². The van der Waals surface area contributed by atoms with Crippen LogP contribution in [-0.4, -0.2) is 27.5 Å². The lowest BCUT2D eigenvalue weighted by atomic mass is 10.1. The first-order valence-corrected chi connectivity index (χ1v) is 11.1. The lowest BCUT2D eigenvalue weighted by Gasteiger charge is -2.13. The van der Waals surface area contributed by atoms with E-state index in [1.807, 2.05) is 24.3 Å². The molecule has 0 aliphatic heterocycles. The number of rotatable bonds is 10. The average Bonchev–Trinajstić information content (AvgIpc) is 2.67. The van der Waals surface area contributed by atoms with Gasteiger partial charge < -0.3 is 10.1 Å². The number of ether oxygens (including phenoxy) is 1. The van der Waals surface area contributed by atoms with Gasteiger partial charge in [-0.1, -0.05) is 32.4 Å². The van der Waals surface area contributed by atoms with Gasteiger partial charge in [0.05, 0.1) is 6.61 Å². The Morgan fingerprint density at radius 1 is 1.04 bits per heavy atom. The van der Waals surface area contributed by atoms with Gasteiger partial charge in [-0.3, -0.25) is 4.79 Å². The number of nitrogens with one attached hydrogen (secondary N) is 2. The summed E-state index contributed by atoms with van der Waals surface area (Å²) in [7, 11) is -3.76. The van der Waals surface area contributed by atoms with E-state index in [9.17, 15) is 13.2 Å². The van der Waals surface area contributed by atoms with E-state index in [2.05, 4.69) is 17.0 Å². The van der Waals surface area contributed by atoms with Crippen LogP contribution in [0.4, 0.5) is 5.69 Å². The maximum Gasteiger partial charge on any atom is 0.255 e. The first-order chi connectivity index (χ1) is 13.4. The van der Waals surface area contributed by atoms with Gasteiger partial charge in [0.25, 0.3) is 5.91 Å². The summed E-state index contributed by atoms with van der Waals surface area (Å²) in [6.07, 6.45) is 3.27. The predicted molar refractivity (Wildman–Crippen MR) is 111 cm³/mol. The molecule has 0 heterocycles. The lowest BCUT2D eigenvalue weighted by Crippen LogP contribution is -2.24. The van der Waals surface area contributed by atoms with Gasteiger partial charge in [0, 0.05) is 17.8 Å². The van der Waals surface area contributed by atoms with Crippen molar-refractivity contribution in [2.75, 3.05) is 18.5 Å². The fourth-order valence-electron chi connectivity index (χ4n) is 2.74. The highest BCUT2D eigenvalue weighted by molar-refractivity contribution is 7.89. The molecule has 2 aromatic rings. The summed E-state index contributed by atoms with van der Waals surface area (Å²) in [4.78, 5) is 12.6. The van der Waals surface area contributed by atoms with Crippen molar-refractivity contribution >= 4 is 21.6 Å². The van der Waals surface area contributed by atoms with Crippen molar-refractivity contribution in [3.05, 3.63) is 53.6 Å². The molecule has 0 radical (unpaired) electrons. The summed E-state index contributed by atoms with van der Waals surface area (Å²) >= 11 is 0. The standard InChI is InChI=1S/C21H28N2O4S/c1-4-7-8-16-9-12-18(13-10-16)23-21(24)17-11-14-19(27-6-3)20(15-17)28(25,26)22-5-2/h9-15,22H,4-8H2,1-3H3,(H,23,24). The molecule has 0 spiro atoms. The summed E-state index contributed by atoms with van der Waals surface area (Å²) in [5, 5.41) is 2.81. The summed E-state index contributed by atoms with van der Waals surface area (Å²) in [5.74, 6) is -0.155. The Labute approximate surface area is 167 Å². The Bertz CT molecular complexity index is 893. The summed E-state index contributed by atoms with van der Waals surface area (Å²) in [6, 6.07) is 12.1. The first kappa shape index (κ1) is 21.9. The van der Waals surface area contributed by atoms with Crippen LogP contribution in [0.2, 0.25) is 0 Å². The third-order valence-corrected chi connectivity index (χ3v) is 5.73. The molecule has 0 aliphatic carbocycles. The van der Waals surface area contributed by atoms with Crippen LogP contribution in [0.1, 0.15) is 49.5 Å². The zero-order valence-corrected chi connectivity index (χ0v) is 17.4. The molecule has 2 N–H and O–H groups in total. The summed E-state index contributed by atoms with van der Waals surface area (Å²) < 4.78 is 32.8. The fourth-order valence-corrected chi connectivity index (χ4v) is 3.95. The second-order valence-electron chi connectivity index (χ2n) is 6.35. The Morgan fingerprint density at radius 2 is 1.75 bits per heavy atom. The van der Waals surface area contributed by atoms with Crippen molar-refractivity contribution in [2.45, 2.75) is 44.9 Å². The zero-order valence-electron chi connectivity index (χ0n) is 16.6. The average molecular weight is 405 g/mol. The molecule has 6 nitrogen and oxygen atoms in total. The molecule has 7 heteroatoms. The number of amides is 1. The molecule has 0 atom stereocenters. The van der Waals surface area contributed by atoms with Crippen molar-refractivity contribution in [3.8, 4) is 5.75 Å². The molecule has 0 aliphatic rings.